The van der Waals surface area contributed by atoms with Gasteiger partial charge in [0, 0.05) is 29.8 Å². The van der Waals surface area contributed by atoms with E-state index in [-0.39, 0.29) is 0 Å². The van der Waals surface area contributed by atoms with Crippen LogP contribution in [0.2, 0.25) is 0 Å². The molecule has 2 aliphatic heterocycles. The van der Waals surface area contributed by atoms with E-state index in [4.69, 9.17) is 9.47 Å². The molecule has 3 unspecified atom stereocenters. The van der Waals surface area contributed by atoms with Gasteiger partial charge in [0.25, 0.3) is 0 Å². The molecule has 0 spiro atoms. The summed E-state index contributed by atoms with van der Waals surface area (Å²) >= 11 is 0. The normalized spacial score (nSPS) is 21.7. The third-order valence-corrected chi connectivity index (χ3v) is 6.80. The number of methoxy groups -OCH3 is 1. The molecule has 2 aromatic rings. The molecule has 3 heterocycles. The van der Waals surface area contributed by atoms with E-state index in [0.717, 1.165) is 31.5 Å². The summed E-state index contributed by atoms with van der Waals surface area (Å²) in [5, 5.41) is 0. The predicted octanol–water partition coefficient (Wildman–Crippen LogP) is 4.47. The first-order valence-electron chi connectivity index (χ1n) is 12.2. The molecule has 0 radical (unpaired) electrons. The summed E-state index contributed by atoms with van der Waals surface area (Å²) in [4.78, 5) is 38.1. The fourth-order valence-corrected chi connectivity index (χ4v) is 5.06. The number of aliphatic imine (C=N–C) groups is 1. The molecule has 4 rings (SSSR count). The maximum atomic E-state index is 13.8. The van der Waals surface area contributed by atoms with Gasteiger partial charge in [0.15, 0.2) is 0 Å². The number of rotatable bonds is 7. The second-order valence-electron chi connectivity index (χ2n) is 9.15. The number of carbonyl (C=O) groups is 2. The molecule has 2 aliphatic rings. The van der Waals surface area contributed by atoms with Crippen LogP contribution in [0.1, 0.15) is 56.4 Å². The van der Waals surface area contributed by atoms with E-state index >= 15 is 0 Å². The van der Waals surface area contributed by atoms with E-state index < -0.39 is 29.9 Å². The van der Waals surface area contributed by atoms with Crippen LogP contribution in [0, 0.1) is 5.92 Å². The second kappa shape index (κ2) is 11.4. The van der Waals surface area contributed by atoms with Crippen LogP contribution in [0.4, 0.5) is 0 Å². The van der Waals surface area contributed by atoms with Gasteiger partial charge in [0.1, 0.15) is 12.0 Å². The Morgan fingerprint density at radius 2 is 1.74 bits per heavy atom. The topological polar surface area (TPSA) is 81.1 Å². The SMILES string of the molecule is COC(=O)C1C(C)=NC(C)=C(C(=O)OC(CN2CCCCC2)c2ccccc2)C1c1ccccn1. The van der Waals surface area contributed by atoms with Crippen LogP contribution in [0.15, 0.2) is 71.0 Å². The van der Waals surface area contributed by atoms with Crippen molar-refractivity contribution in [3.05, 3.63) is 77.3 Å². The average molecular weight is 476 g/mol. The van der Waals surface area contributed by atoms with Gasteiger partial charge in [-0.05, 0) is 57.5 Å². The lowest BCUT2D eigenvalue weighted by molar-refractivity contribution is -0.147. The Balaban J connectivity index is 1.69. The van der Waals surface area contributed by atoms with Crippen LogP contribution in [0.3, 0.4) is 0 Å². The molecule has 0 saturated carbocycles. The number of likely N-dealkylation sites (tertiary alicyclic amines) is 1. The van der Waals surface area contributed by atoms with Crippen molar-refractivity contribution in [3.63, 3.8) is 0 Å². The predicted molar refractivity (Wildman–Crippen MR) is 134 cm³/mol. The zero-order valence-electron chi connectivity index (χ0n) is 20.6. The molecule has 7 nitrogen and oxygen atoms in total. The molecule has 1 saturated heterocycles. The number of nitrogens with zero attached hydrogens (tertiary/aromatic N) is 3. The van der Waals surface area contributed by atoms with Gasteiger partial charge >= 0.3 is 11.9 Å². The highest BCUT2D eigenvalue weighted by molar-refractivity contribution is 6.06. The monoisotopic (exact) mass is 475 g/mol. The number of piperidine rings is 1. The summed E-state index contributed by atoms with van der Waals surface area (Å²) in [5.74, 6) is -2.32. The molecule has 184 valence electrons. The van der Waals surface area contributed by atoms with Gasteiger partial charge < -0.3 is 9.47 Å². The highest BCUT2D eigenvalue weighted by Crippen LogP contribution is 2.40. The van der Waals surface area contributed by atoms with Crippen molar-refractivity contribution in [2.75, 3.05) is 26.7 Å². The molecular weight excluding hydrogens is 442 g/mol. The van der Waals surface area contributed by atoms with Crippen molar-refractivity contribution in [3.8, 4) is 0 Å². The number of hydrogen-bond acceptors (Lipinski definition) is 7. The minimum absolute atomic E-state index is 0.351. The minimum Gasteiger partial charge on any atom is -0.468 e. The van der Waals surface area contributed by atoms with E-state index in [1.165, 1.54) is 13.5 Å². The van der Waals surface area contributed by atoms with Gasteiger partial charge in [0.05, 0.1) is 18.6 Å². The number of ether oxygens (including phenoxy) is 2. The van der Waals surface area contributed by atoms with Gasteiger partial charge in [-0.3, -0.25) is 19.7 Å². The van der Waals surface area contributed by atoms with E-state index in [2.05, 4.69) is 14.9 Å². The number of allylic oxidation sites excluding steroid dienone is 1. The standard InChI is InChI=1S/C28H33N3O4/c1-19-24(27(32)34-3)26(22-14-8-9-15-29-22)25(20(2)30-19)28(33)35-23(21-12-6-4-7-13-21)18-31-16-10-5-11-17-31/h4,6-9,12-15,23-24,26H,5,10-11,16-18H2,1-3H3. The summed E-state index contributed by atoms with van der Waals surface area (Å²) in [6, 6.07) is 15.3. The molecule has 7 heteroatoms. The summed E-state index contributed by atoms with van der Waals surface area (Å²) < 4.78 is 11.3. The molecular formula is C28H33N3O4. The fraction of sp³-hybridized carbons (Fsp3) is 0.429. The molecule has 3 atom stereocenters. The largest absolute Gasteiger partial charge is 0.468 e. The molecule has 1 fully saturated rings. The van der Waals surface area contributed by atoms with Gasteiger partial charge in [-0.1, -0.05) is 42.8 Å². The highest BCUT2D eigenvalue weighted by atomic mass is 16.5. The van der Waals surface area contributed by atoms with Crippen LogP contribution in [0.5, 0.6) is 0 Å². The Kier molecular flexibility index (Phi) is 8.08. The first-order valence-corrected chi connectivity index (χ1v) is 12.2. The summed E-state index contributed by atoms with van der Waals surface area (Å²) in [6.07, 6.45) is 4.75. The van der Waals surface area contributed by atoms with Gasteiger partial charge in [-0.2, -0.15) is 0 Å². The highest BCUT2D eigenvalue weighted by Gasteiger charge is 2.43. The van der Waals surface area contributed by atoms with Crippen LogP contribution in [0.25, 0.3) is 0 Å². The van der Waals surface area contributed by atoms with E-state index in [1.54, 1.807) is 26.1 Å². The number of hydrogen-bond donors (Lipinski definition) is 0. The lowest BCUT2D eigenvalue weighted by Crippen LogP contribution is -2.38. The van der Waals surface area contributed by atoms with Crippen LogP contribution >= 0.6 is 0 Å². The van der Waals surface area contributed by atoms with Gasteiger partial charge in [0.2, 0.25) is 0 Å². The van der Waals surface area contributed by atoms with Crippen molar-refractivity contribution in [2.45, 2.75) is 45.1 Å². The smallest absolute Gasteiger partial charge is 0.337 e. The number of esters is 2. The van der Waals surface area contributed by atoms with E-state index in [9.17, 15) is 9.59 Å². The van der Waals surface area contributed by atoms with E-state index in [1.807, 2.05) is 42.5 Å². The first kappa shape index (κ1) is 24.8. The molecule has 1 aromatic carbocycles. The van der Waals surface area contributed by atoms with Crippen molar-refractivity contribution >= 4 is 17.7 Å². The fourth-order valence-electron chi connectivity index (χ4n) is 5.06. The van der Waals surface area contributed by atoms with Crippen LogP contribution in [-0.2, 0) is 19.1 Å². The first-order chi connectivity index (χ1) is 17.0. The molecule has 0 bridgehead atoms. The van der Waals surface area contributed by atoms with Crippen molar-refractivity contribution in [1.82, 2.24) is 9.88 Å². The molecule has 0 N–H and O–H groups in total. The Hall–Kier alpha value is -3.32. The lowest BCUT2D eigenvalue weighted by atomic mass is 9.77. The number of pyridine rings is 1. The molecule has 0 amide bonds. The number of benzene rings is 1. The second-order valence-corrected chi connectivity index (χ2v) is 9.15. The van der Waals surface area contributed by atoms with Crippen molar-refractivity contribution in [1.29, 1.82) is 0 Å². The van der Waals surface area contributed by atoms with Crippen LogP contribution < -0.4 is 0 Å². The third kappa shape index (κ3) is 5.68. The van der Waals surface area contributed by atoms with Gasteiger partial charge in [-0.25, -0.2) is 4.79 Å². The zero-order valence-corrected chi connectivity index (χ0v) is 20.6. The van der Waals surface area contributed by atoms with Gasteiger partial charge in [-0.15, -0.1) is 0 Å². The Morgan fingerprint density at radius 1 is 1.03 bits per heavy atom. The maximum absolute atomic E-state index is 13.8. The van der Waals surface area contributed by atoms with E-state index in [0.29, 0.717) is 29.2 Å². The average Bonchev–Trinajstić information content (AvgIpc) is 2.89. The van der Waals surface area contributed by atoms with Crippen LogP contribution in [-0.4, -0.2) is 54.3 Å². The summed E-state index contributed by atoms with van der Waals surface area (Å²) in [5.41, 5.74) is 3.03. The Morgan fingerprint density at radius 3 is 2.40 bits per heavy atom. The van der Waals surface area contributed by atoms with Crippen molar-refractivity contribution in [2.24, 2.45) is 10.9 Å². The molecule has 1 aromatic heterocycles. The molecule has 0 aliphatic carbocycles. The summed E-state index contributed by atoms with van der Waals surface area (Å²) in [7, 11) is 1.35. The molecule has 35 heavy (non-hydrogen) atoms. The van der Waals surface area contributed by atoms with Crippen molar-refractivity contribution < 1.29 is 19.1 Å². The Bertz CT molecular complexity index is 1090. The minimum atomic E-state index is -0.751. The zero-order chi connectivity index (χ0) is 24.8. The maximum Gasteiger partial charge on any atom is 0.337 e. The number of aromatic nitrogens is 1. The quantitative estimate of drug-likeness (QED) is 0.550. The third-order valence-electron chi connectivity index (χ3n) is 6.80. The summed E-state index contributed by atoms with van der Waals surface area (Å²) in [6.45, 7) is 6.18. The Labute approximate surface area is 206 Å². The lowest BCUT2D eigenvalue weighted by Gasteiger charge is -2.33. The number of carbonyl (C=O) groups excluding carboxylic acids is 2.